The largest absolute Gasteiger partial charge is 0.464 e. The number of carbonyl (C=O) groups excluding carboxylic acids is 1. The van der Waals surface area contributed by atoms with Gasteiger partial charge in [-0.25, -0.2) is 14.8 Å². The molecule has 0 bridgehead atoms. The molecular weight excluding hydrogens is 230 g/mol. The Morgan fingerprint density at radius 3 is 2.78 bits per heavy atom. The first-order chi connectivity index (χ1) is 8.67. The number of rotatable bonds is 3. The normalized spacial score (nSPS) is 23.2. The molecule has 2 atom stereocenters. The molecule has 98 valence electrons. The molecule has 0 amide bonds. The molecule has 0 aliphatic carbocycles. The first kappa shape index (κ1) is 12.8. The minimum atomic E-state index is -0.449. The van der Waals surface area contributed by atoms with Crippen LogP contribution in [0, 0.1) is 0 Å². The molecule has 0 radical (unpaired) electrons. The Labute approximate surface area is 107 Å². The van der Waals surface area contributed by atoms with Crippen LogP contribution in [0.1, 0.15) is 43.6 Å². The highest BCUT2D eigenvalue weighted by molar-refractivity contribution is 5.86. The van der Waals surface area contributed by atoms with Crippen LogP contribution in [0.2, 0.25) is 0 Å². The lowest BCUT2D eigenvalue weighted by molar-refractivity contribution is 0.0593. The number of methoxy groups -OCH3 is 1. The van der Waals surface area contributed by atoms with Crippen LogP contribution in [0.25, 0.3) is 0 Å². The minimum Gasteiger partial charge on any atom is -0.464 e. The molecule has 0 saturated carbocycles. The molecule has 1 saturated heterocycles. The van der Waals surface area contributed by atoms with Gasteiger partial charge in [0.05, 0.1) is 19.5 Å². The zero-order valence-corrected chi connectivity index (χ0v) is 11.1. The van der Waals surface area contributed by atoms with Gasteiger partial charge in [-0.1, -0.05) is 6.92 Å². The molecule has 2 rings (SSSR count). The van der Waals surface area contributed by atoms with Crippen molar-refractivity contribution in [2.45, 2.75) is 45.2 Å². The second kappa shape index (κ2) is 5.33. The summed E-state index contributed by atoms with van der Waals surface area (Å²) in [7, 11) is 1.34. The van der Waals surface area contributed by atoms with Gasteiger partial charge in [0.1, 0.15) is 5.82 Å². The lowest BCUT2D eigenvalue weighted by Gasteiger charge is -2.28. The number of hydrogen-bond donors (Lipinski definition) is 0. The Hall–Kier alpha value is -1.65. The highest BCUT2D eigenvalue weighted by atomic mass is 16.5. The molecule has 2 unspecified atom stereocenters. The summed E-state index contributed by atoms with van der Waals surface area (Å²) in [5.74, 6) is 0.398. The van der Waals surface area contributed by atoms with Gasteiger partial charge in [-0.3, -0.25) is 0 Å². The van der Waals surface area contributed by atoms with Gasteiger partial charge in [-0.05, 0) is 26.2 Å². The van der Waals surface area contributed by atoms with Gasteiger partial charge in [0, 0.05) is 12.1 Å². The Bertz CT molecular complexity index is 419. The average molecular weight is 249 g/mol. The maximum Gasteiger partial charge on any atom is 0.358 e. The van der Waals surface area contributed by atoms with Crippen LogP contribution in [0.4, 0.5) is 5.82 Å². The van der Waals surface area contributed by atoms with Crippen LogP contribution in [0.15, 0.2) is 12.4 Å². The second-order valence-corrected chi connectivity index (χ2v) is 4.65. The summed E-state index contributed by atoms with van der Waals surface area (Å²) < 4.78 is 4.61. The molecule has 0 spiro atoms. The SMILES string of the molecule is CCC1CCC(C)N1c1cnc(C(=O)OC)cn1. The van der Waals surface area contributed by atoms with E-state index in [9.17, 15) is 4.79 Å². The van der Waals surface area contributed by atoms with Crippen molar-refractivity contribution in [1.82, 2.24) is 9.97 Å². The van der Waals surface area contributed by atoms with E-state index < -0.39 is 5.97 Å². The highest BCUT2D eigenvalue weighted by Gasteiger charge is 2.30. The van der Waals surface area contributed by atoms with Crippen molar-refractivity contribution in [2.24, 2.45) is 0 Å². The summed E-state index contributed by atoms with van der Waals surface area (Å²) >= 11 is 0. The van der Waals surface area contributed by atoms with E-state index in [1.165, 1.54) is 26.1 Å². The standard InChI is InChI=1S/C13H19N3O2/c1-4-10-6-5-9(2)16(10)12-8-14-11(7-15-12)13(17)18-3/h7-10H,4-6H2,1-3H3. The molecule has 5 nitrogen and oxygen atoms in total. The zero-order valence-electron chi connectivity index (χ0n) is 11.1. The van der Waals surface area contributed by atoms with Crippen LogP contribution in [-0.2, 0) is 4.74 Å². The quantitative estimate of drug-likeness (QED) is 0.767. The second-order valence-electron chi connectivity index (χ2n) is 4.65. The molecule has 2 heterocycles. The monoisotopic (exact) mass is 249 g/mol. The van der Waals surface area contributed by atoms with Crippen molar-refractivity contribution in [2.75, 3.05) is 12.0 Å². The molecule has 5 heteroatoms. The first-order valence-corrected chi connectivity index (χ1v) is 6.36. The van der Waals surface area contributed by atoms with E-state index in [1.807, 2.05) is 0 Å². The van der Waals surface area contributed by atoms with Crippen molar-refractivity contribution in [3.05, 3.63) is 18.1 Å². The first-order valence-electron chi connectivity index (χ1n) is 6.36. The van der Waals surface area contributed by atoms with E-state index in [1.54, 1.807) is 6.20 Å². The third-order valence-electron chi connectivity index (χ3n) is 3.55. The van der Waals surface area contributed by atoms with E-state index in [0.29, 0.717) is 12.1 Å². The average Bonchev–Trinajstić information content (AvgIpc) is 2.79. The molecule has 18 heavy (non-hydrogen) atoms. The number of carbonyl (C=O) groups is 1. The smallest absolute Gasteiger partial charge is 0.358 e. The summed E-state index contributed by atoms with van der Waals surface area (Å²) in [4.78, 5) is 22.1. The fourth-order valence-electron chi connectivity index (χ4n) is 2.55. The highest BCUT2D eigenvalue weighted by Crippen LogP contribution is 2.30. The van der Waals surface area contributed by atoms with Crippen LogP contribution >= 0.6 is 0 Å². The van der Waals surface area contributed by atoms with E-state index in [-0.39, 0.29) is 5.69 Å². The van der Waals surface area contributed by atoms with Gasteiger partial charge in [-0.2, -0.15) is 0 Å². The fourth-order valence-corrected chi connectivity index (χ4v) is 2.55. The number of esters is 1. The summed E-state index contributed by atoms with van der Waals surface area (Å²) in [5.41, 5.74) is 0.251. The Morgan fingerprint density at radius 2 is 2.22 bits per heavy atom. The Balaban J connectivity index is 2.20. The summed E-state index contributed by atoms with van der Waals surface area (Å²) in [5, 5.41) is 0. The lowest BCUT2D eigenvalue weighted by atomic mass is 10.1. The molecule has 1 aromatic heterocycles. The number of nitrogens with zero attached hydrogens (tertiary/aromatic N) is 3. The van der Waals surface area contributed by atoms with Gasteiger partial charge in [0.25, 0.3) is 0 Å². The van der Waals surface area contributed by atoms with Gasteiger partial charge in [0.2, 0.25) is 0 Å². The molecule has 0 aromatic carbocycles. The van der Waals surface area contributed by atoms with Gasteiger partial charge in [-0.15, -0.1) is 0 Å². The maximum absolute atomic E-state index is 11.3. The van der Waals surface area contributed by atoms with Crippen LogP contribution < -0.4 is 4.90 Å². The molecule has 1 fully saturated rings. The lowest BCUT2D eigenvalue weighted by Crippen LogP contribution is -2.34. The predicted octanol–water partition coefficient (Wildman–Crippen LogP) is 2.03. The molecule has 1 aromatic rings. The third kappa shape index (κ3) is 2.30. The maximum atomic E-state index is 11.3. The third-order valence-corrected chi connectivity index (χ3v) is 3.55. The number of aromatic nitrogens is 2. The summed E-state index contributed by atoms with van der Waals surface area (Å²) in [6, 6.07) is 1.01. The van der Waals surface area contributed by atoms with Crippen LogP contribution in [0.3, 0.4) is 0 Å². The van der Waals surface area contributed by atoms with Crippen molar-refractivity contribution in [3.8, 4) is 0 Å². The molecule has 1 aliphatic heterocycles. The van der Waals surface area contributed by atoms with Gasteiger partial charge >= 0.3 is 5.97 Å². The zero-order chi connectivity index (χ0) is 13.1. The number of hydrogen-bond acceptors (Lipinski definition) is 5. The van der Waals surface area contributed by atoms with Crippen molar-refractivity contribution in [3.63, 3.8) is 0 Å². The van der Waals surface area contributed by atoms with E-state index in [0.717, 1.165) is 12.2 Å². The van der Waals surface area contributed by atoms with Gasteiger partial charge in [0.15, 0.2) is 5.69 Å². The number of anilines is 1. The van der Waals surface area contributed by atoms with E-state index in [2.05, 4.69) is 33.5 Å². The summed E-state index contributed by atoms with van der Waals surface area (Å²) in [6.07, 6.45) is 6.62. The molecule has 1 aliphatic rings. The van der Waals surface area contributed by atoms with Crippen molar-refractivity contribution >= 4 is 11.8 Å². The molecular formula is C13H19N3O2. The number of ether oxygens (including phenoxy) is 1. The topological polar surface area (TPSA) is 55.3 Å². The Morgan fingerprint density at radius 1 is 1.44 bits per heavy atom. The van der Waals surface area contributed by atoms with Gasteiger partial charge < -0.3 is 9.64 Å². The summed E-state index contributed by atoms with van der Waals surface area (Å²) in [6.45, 7) is 4.39. The van der Waals surface area contributed by atoms with Crippen molar-refractivity contribution < 1.29 is 9.53 Å². The predicted molar refractivity (Wildman–Crippen MR) is 68.6 cm³/mol. The van der Waals surface area contributed by atoms with E-state index in [4.69, 9.17) is 0 Å². The fraction of sp³-hybridized carbons (Fsp3) is 0.615. The van der Waals surface area contributed by atoms with Crippen LogP contribution in [-0.4, -0.2) is 35.1 Å². The van der Waals surface area contributed by atoms with E-state index >= 15 is 0 Å². The molecule has 0 N–H and O–H groups in total. The van der Waals surface area contributed by atoms with Crippen molar-refractivity contribution in [1.29, 1.82) is 0 Å². The minimum absolute atomic E-state index is 0.251. The van der Waals surface area contributed by atoms with Crippen LogP contribution in [0.5, 0.6) is 0 Å². The Kier molecular flexibility index (Phi) is 3.79.